The predicted molar refractivity (Wildman–Crippen MR) is 99.7 cm³/mol. The van der Waals surface area contributed by atoms with Gasteiger partial charge in [-0.25, -0.2) is 4.98 Å². The van der Waals surface area contributed by atoms with E-state index in [1.54, 1.807) is 12.1 Å². The molecule has 1 N–H and O–H groups in total. The SMILES string of the molecule is CCCn1c(C)cc(-c2csc(NC(=O)c3ccccc3)n2)c1C. The molecule has 2 aromatic heterocycles. The van der Waals surface area contributed by atoms with Gasteiger partial charge in [-0.15, -0.1) is 11.3 Å². The number of nitrogens with one attached hydrogen (secondary N) is 1. The molecule has 0 unspecified atom stereocenters. The van der Waals surface area contributed by atoms with Crippen LogP contribution >= 0.6 is 11.3 Å². The van der Waals surface area contributed by atoms with Crippen LogP contribution in [0.3, 0.4) is 0 Å². The predicted octanol–water partition coefficient (Wildman–Crippen LogP) is 4.89. The second kappa shape index (κ2) is 7.01. The van der Waals surface area contributed by atoms with Crippen LogP contribution in [0.1, 0.15) is 35.1 Å². The minimum atomic E-state index is -0.132. The largest absolute Gasteiger partial charge is 0.348 e. The van der Waals surface area contributed by atoms with E-state index in [1.807, 2.05) is 23.6 Å². The van der Waals surface area contributed by atoms with Crippen LogP contribution in [0.4, 0.5) is 5.13 Å². The zero-order valence-corrected chi connectivity index (χ0v) is 15.0. The minimum Gasteiger partial charge on any atom is -0.348 e. The van der Waals surface area contributed by atoms with Crippen LogP contribution in [0.15, 0.2) is 41.8 Å². The van der Waals surface area contributed by atoms with Gasteiger partial charge in [-0.1, -0.05) is 25.1 Å². The van der Waals surface area contributed by atoms with Crippen molar-refractivity contribution < 1.29 is 4.79 Å². The number of carbonyl (C=O) groups is 1. The lowest BCUT2D eigenvalue weighted by Crippen LogP contribution is -2.11. The normalized spacial score (nSPS) is 10.8. The van der Waals surface area contributed by atoms with Crippen molar-refractivity contribution in [2.75, 3.05) is 5.32 Å². The van der Waals surface area contributed by atoms with Crippen molar-refractivity contribution in [3.63, 3.8) is 0 Å². The third-order valence-electron chi connectivity index (χ3n) is 4.06. The molecule has 3 aromatic rings. The number of amides is 1. The number of nitrogens with zero attached hydrogens (tertiary/aromatic N) is 2. The Balaban J connectivity index is 1.81. The van der Waals surface area contributed by atoms with Crippen LogP contribution in [0.25, 0.3) is 11.3 Å². The highest BCUT2D eigenvalue weighted by molar-refractivity contribution is 7.14. The molecule has 0 aliphatic heterocycles. The Morgan fingerprint density at radius 3 is 2.71 bits per heavy atom. The number of rotatable bonds is 5. The molecule has 0 saturated carbocycles. The Kier molecular flexibility index (Phi) is 4.81. The van der Waals surface area contributed by atoms with Gasteiger partial charge in [-0.2, -0.15) is 0 Å². The quantitative estimate of drug-likeness (QED) is 0.719. The van der Waals surface area contributed by atoms with Gasteiger partial charge in [0, 0.05) is 34.4 Å². The van der Waals surface area contributed by atoms with Crippen molar-refractivity contribution in [3.8, 4) is 11.3 Å². The Morgan fingerprint density at radius 1 is 1.25 bits per heavy atom. The number of hydrogen-bond acceptors (Lipinski definition) is 3. The first-order valence-corrected chi connectivity index (χ1v) is 8.97. The fraction of sp³-hybridized carbons (Fsp3) is 0.263. The molecule has 5 heteroatoms. The van der Waals surface area contributed by atoms with Crippen LogP contribution in [0, 0.1) is 13.8 Å². The van der Waals surface area contributed by atoms with Crippen LogP contribution in [-0.2, 0) is 6.54 Å². The Bertz CT molecular complexity index is 849. The monoisotopic (exact) mass is 339 g/mol. The molecule has 124 valence electrons. The lowest BCUT2D eigenvalue weighted by Gasteiger charge is -2.07. The summed E-state index contributed by atoms with van der Waals surface area (Å²) >= 11 is 1.45. The fourth-order valence-corrected chi connectivity index (χ4v) is 3.55. The van der Waals surface area contributed by atoms with Crippen LogP contribution in [0.5, 0.6) is 0 Å². The number of carbonyl (C=O) groups excluding carboxylic acids is 1. The molecule has 0 aliphatic rings. The molecule has 0 saturated heterocycles. The maximum absolute atomic E-state index is 12.2. The maximum atomic E-state index is 12.2. The molecular weight excluding hydrogens is 318 g/mol. The number of thiazole rings is 1. The second-order valence-corrected chi connectivity index (χ2v) is 6.65. The first kappa shape index (κ1) is 16.5. The van der Waals surface area contributed by atoms with Crippen LogP contribution in [-0.4, -0.2) is 15.5 Å². The fourth-order valence-electron chi connectivity index (χ4n) is 2.84. The van der Waals surface area contributed by atoms with Crippen LogP contribution in [0.2, 0.25) is 0 Å². The summed E-state index contributed by atoms with van der Waals surface area (Å²) < 4.78 is 2.32. The third-order valence-corrected chi connectivity index (χ3v) is 4.82. The van der Waals surface area contributed by atoms with Gasteiger partial charge in [0.2, 0.25) is 0 Å². The number of aromatic nitrogens is 2. The topological polar surface area (TPSA) is 46.9 Å². The zero-order chi connectivity index (χ0) is 17.1. The van der Waals surface area contributed by atoms with Crippen molar-refractivity contribution in [2.24, 2.45) is 0 Å². The zero-order valence-electron chi connectivity index (χ0n) is 14.2. The summed E-state index contributed by atoms with van der Waals surface area (Å²) in [6.07, 6.45) is 1.10. The highest BCUT2D eigenvalue weighted by atomic mass is 32.1. The van der Waals surface area contributed by atoms with E-state index in [-0.39, 0.29) is 5.91 Å². The molecule has 3 rings (SSSR count). The summed E-state index contributed by atoms with van der Waals surface area (Å²) in [5.41, 5.74) is 5.15. The van der Waals surface area contributed by atoms with Crippen molar-refractivity contribution in [1.29, 1.82) is 0 Å². The molecule has 0 radical (unpaired) electrons. The Morgan fingerprint density at radius 2 is 2.00 bits per heavy atom. The molecule has 4 nitrogen and oxygen atoms in total. The smallest absolute Gasteiger partial charge is 0.257 e. The maximum Gasteiger partial charge on any atom is 0.257 e. The molecule has 0 atom stereocenters. The molecule has 0 aliphatic carbocycles. The van der Waals surface area contributed by atoms with E-state index in [1.165, 1.54) is 22.7 Å². The van der Waals surface area contributed by atoms with Crippen molar-refractivity contribution in [3.05, 3.63) is 58.7 Å². The van der Waals surface area contributed by atoms with E-state index in [2.05, 4.69) is 41.7 Å². The van der Waals surface area contributed by atoms with Crippen molar-refractivity contribution >= 4 is 22.4 Å². The van der Waals surface area contributed by atoms with Gasteiger partial charge in [0.25, 0.3) is 5.91 Å². The molecule has 24 heavy (non-hydrogen) atoms. The molecule has 0 spiro atoms. The highest BCUT2D eigenvalue weighted by Crippen LogP contribution is 2.30. The van der Waals surface area contributed by atoms with Gasteiger partial charge < -0.3 is 4.57 Å². The molecule has 1 aromatic carbocycles. The summed E-state index contributed by atoms with van der Waals surface area (Å²) in [4.78, 5) is 16.8. The summed E-state index contributed by atoms with van der Waals surface area (Å²) in [6.45, 7) is 7.44. The number of aryl methyl sites for hydroxylation is 1. The second-order valence-electron chi connectivity index (χ2n) is 5.79. The summed E-state index contributed by atoms with van der Waals surface area (Å²) in [7, 11) is 0. The third kappa shape index (κ3) is 3.26. The molecular formula is C19H21N3OS. The lowest BCUT2D eigenvalue weighted by molar-refractivity contribution is 0.102. The lowest BCUT2D eigenvalue weighted by atomic mass is 10.2. The Hall–Kier alpha value is -2.40. The molecule has 1 amide bonds. The van der Waals surface area contributed by atoms with Gasteiger partial charge >= 0.3 is 0 Å². The van der Waals surface area contributed by atoms with Crippen LogP contribution < -0.4 is 5.32 Å². The van der Waals surface area contributed by atoms with Gasteiger partial charge in [0.1, 0.15) is 0 Å². The standard InChI is InChI=1S/C19H21N3OS/c1-4-10-22-13(2)11-16(14(22)3)17-12-24-19(20-17)21-18(23)15-8-6-5-7-9-15/h5-9,11-12H,4,10H2,1-3H3,(H,20,21,23). The van der Waals surface area contributed by atoms with Gasteiger partial charge in [-0.05, 0) is 38.5 Å². The molecule has 0 bridgehead atoms. The number of anilines is 1. The van der Waals surface area contributed by atoms with E-state index in [9.17, 15) is 4.79 Å². The van der Waals surface area contributed by atoms with Crippen molar-refractivity contribution in [2.45, 2.75) is 33.7 Å². The average Bonchev–Trinajstić information content (AvgIpc) is 3.15. The summed E-state index contributed by atoms with van der Waals surface area (Å²) in [6, 6.07) is 11.4. The molecule has 0 fully saturated rings. The Labute approximate surface area is 146 Å². The molecule has 2 heterocycles. The summed E-state index contributed by atoms with van der Waals surface area (Å²) in [5, 5.41) is 5.50. The van der Waals surface area contributed by atoms with E-state index < -0.39 is 0 Å². The van der Waals surface area contributed by atoms with E-state index in [0.717, 1.165) is 24.2 Å². The van der Waals surface area contributed by atoms with E-state index in [0.29, 0.717) is 10.7 Å². The first-order chi connectivity index (χ1) is 11.6. The van der Waals surface area contributed by atoms with Crippen molar-refractivity contribution in [1.82, 2.24) is 9.55 Å². The van der Waals surface area contributed by atoms with Gasteiger partial charge in [0.15, 0.2) is 5.13 Å². The van der Waals surface area contributed by atoms with E-state index >= 15 is 0 Å². The average molecular weight is 339 g/mol. The summed E-state index contributed by atoms with van der Waals surface area (Å²) in [5.74, 6) is -0.132. The van der Waals surface area contributed by atoms with Gasteiger partial charge in [0.05, 0.1) is 5.69 Å². The van der Waals surface area contributed by atoms with Gasteiger partial charge in [-0.3, -0.25) is 10.1 Å². The number of benzene rings is 1. The highest BCUT2D eigenvalue weighted by Gasteiger charge is 2.14. The van der Waals surface area contributed by atoms with E-state index in [4.69, 9.17) is 0 Å². The number of hydrogen-bond donors (Lipinski definition) is 1. The first-order valence-electron chi connectivity index (χ1n) is 8.09. The minimum absolute atomic E-state index is 0.132.